The molecule has 1 amide bonds. The molecule has 0 heterocycles. The minimum absolute atomic E-state index is 0.0921. The highest BCUT2D eigenvalue weighted by Crippen LogP contribution is 2.27. The average molecular weight is 473 g/mol. The first-order valence-corrected chi connectivity index (χ1v) is 11.0. The number of nitro groups is 1. The molecule has 0 aliphatic rings. The van der Waals surface area contributed by atoms with Crippen molar-refractivity contribution in [2.45, 2.75) is 4.90 Å². The number of benzene rings is 3. The molecule has 3 rings (SSSR count). The summed E-state index contributed by atoms with van der Waals surface area (Å²) in [5, 5.41) is 11.3. The van der Waals surface area contributed by atoms with Gasteiger partial charge in [-0.1, -0.05) is 23.7 Å². The second-order valence-electron chi connectivity index (χ2n) is 6.45. The van der Waals surface area contributed by atoms with E-state index in [0.717, 1.165) is 6.08 Å². The SMILES string of the molecule is COc1ccc(N(C(=O)/C=C/c2cccc([N+](=O)[O-])c2)S(=O)(=O)c2ccc(Cl)cc2)cc1. The summed E-state index contributed by atoms with van der Waals surface area (Å²) >= 11 is 5.86. The summed E-state index contributed by atoms with van der Waals surface area (Å²) in [6, 6.07) is 16.9. The number of methoxy groups -OCH3 is 1. The van der Waals surface area contributed by atoms with Crippen LogP contribution < -0.4 is 9.04 Å². The molecular formula is C22H17ClN2O6S. The summed E-state index contributed by atoms with van der Waals surface area (Å²) in [6.45, 7) is 0. The van der Waals surface area contributed by atoms with Gasteiger partial charge in [-0.05, 0) is 60.2 Å². The lowest BCUT2D eigenvalue weighted by atomic mass is 10.2. The van der Waals surface area contributed by atoms with Crippen molar-refractivity contribution in [3.63, 3.8) is 0 Å². The zero-order valence-corrected chi connectivity index (χ0v) is 18.3. The Morgan fingerprint density at radius 1 is 1.06 bits per heavy atom. The normalized spacial score (nSPS) is 11.3. The van der Waals surface area contributed by atoms with Gasteiger partial charge in [0.25, 0.3) is 21.6 Å². The number of halogens is 1. The van der Waals surface area contributed by atoms with E-state index >= 15 is 0 Å². The van der Waals surface area contributed by atoms with Crippen LogP contribution >= 0.6 is 11.6 Å². The molecule has 0 unspecified atom stereocenters. The van der Waals surface area contributed by atoms with Crippen molar-refractivity contribution in [1.82, 2.24) is 0 Å². The first kappa shape index (κ1) is 23.0. The lowest BCUT2D eigenvalue weighted by Gasteiger charge is -2.21. The Balaban J connectivity index is 2.03. The van der Waals surface area contributed by atoms with E-state index in [4.69, 9.17) is 16.3 Å². The van der Waals surface area contributed by atoms with Crippen LogP contribution in [0.2, 0.25) is 5.02 Å². The fourth-order valence-electron chi connectivity index (χ4n) is 2.79. The molecule has 0 aliphatic carbocycles. The third-order valence-electron chi connectivity index (χ3n) is 4.36. The van der Waals surface area contributed by atoms with Gasteiger partial charge >= 0.3 is 0 Å². The van der Waals surface area contributed by atoms with Gasteiger partial charge in [-0.2, -0.15) is 4.31 Å². The largest absolute Gasteiger partial charge is 0.497 e. The molecule has 0 radical (unpaired) electrons. The fourth-order valence-corrected chi connectivity index (χ4v) is 4.31. The highest BCUT2D eigenvalue weighted by atomic mass is 35.5. The minimum atomic E-state index is -4.29. The molecule has 0 aromatic heterocycles. The zero-order chi connectivity index (χ0) is 23.3. The summed E-state index contributed by atoms with van der Waals surface area (Å²) in [5.41, 5.74) is 0.306. The van der Waals surface area contributed by atoms with E-state index in [-0.39, 0.29) is 16.3 Å². The molecule has 3 aromatic rings. The monoisotopic (exact) mass is 472 g/mol. The summed E-state index contributed by atoms with van der Waals surface area (Å²) in [5.74, 6) is -0.381. The Morgan fingerprint density at radius 3 is 2.31 bits per heavy atom. The van der Waals surface area contributed by atoms with E-state index < -0.39 is 20.9 Å². The number of carbonyl (C=O) groups excluding carboxylic acids is 1. The lowest BCUT2D eigenvalue weighted by Crippen LogP contribution is -2.35. The highest BCUT2D eigenvalue weighted by Gasteiger charge is 2.29. The standard InChI is InChI=1S/C22H17ClN2O6S/c1-31-20-10-8-18(9-11-20)24(32(29,30)21-12-6-17(23)7-13-21)22(26)14-5-16-3-2-4-19(15-16)25(27)28/h2-15H,1H3/b14-5+. The summed E-state index contributed by atoms with van der Waals surface area (Å²) in [6.07, 6.45) is 2.35. The van der Waals surface area contributed by atoms with Crippen molar-refractivity contribution in [2.24, 2.45) is 0 Å². The Kier molecular flexibility index (Phi) is 6.92. The van der Waals surface area contributed by atoms with Crippen LogP contribution in [0.5, 0.6) is 5.75 Å². The van der Waals surface area contributed by atoms with Crippen LogP contribution in [0.3, 0.4) is 0 Å². The number of ether oxygens (including phenoxy) is 1. The van der Waals surface area contributed by atoms with Crippen molar-refractivity contribution in [1.29, 1.82) is 0 Å². The van der Waals surface area contributed by atoms with Crippen LogP contribution in [0.1, 0.15) is 5.56 Å². The van der Waals surface area contributed by atoms with Crippen LogP contribution in [0.25, 0.3) is 6.08 Å². The molecule has 10 heteroatoms. The first-order valence-electron chi connectivity index (χ1n) is 9.14. The van der Waals surface area contributed by atoms with Gasteiger partial charge in [-0.15, -0.1) is 0 Å². The molecule has 0 saturated carbocycles. The van der Waals surface area contributed by atoms with E-state index in [0.29, 0.717) is 20.6 Å². The van der Waals surface area contributed by atoms with Gasteiger partial charge in [0.05, 0.1) is 22.6 Å². The summed E-state index contributed by atoms with van der Waals surface area (Å²) in [4.78, 5) is 23.3. The number of nitrogens with zero attached hydrogens (tertiary/aromatic N) is 2. The molecule has 3 aromatic carbocycles. The maximum Gasteiger partial charge on any atom is 0.271 e. The molecular weight excluding hydrogens is 456 g/mol. The van der Waals surface area contributed by atoms with Gasteiger partial charge in [-0.3, -0.25) is 14.9 Å². The number of nitro benzene ring substituents is 1. The van der Waals surface area contributed by atoms with Crippen molar-refractivity contribution >= 4 is 45.0 Å². The number of non-ortho nitro benzene ring substituents is 1. The number of carbonyl (C=O) groups is 1. The summed E-state index contributed by atoms with van der Waals surface area (Å²) < 4.78 is 32.3. The first-order chi connectivity index (χ1) is 15.2. The number of hydrogen-bond acceptors (Lipinski definition) is 6. The van der Waals surface area contributed by atoms with Gasteiger partial charge in [-0.25, -0.2) is 8.42 Å². The Labute approximate surface area is 189 Å². The Morgan fingerprint density at radius 2 is 1.72 bits per heavy atom. The number of rotatable bonds is 7. The van der Waals surface area contributed by atoms with Crippen LogP contribution in [0.4, 0.5) is 11.4 Å². The molecule has 0 spiro atoms. The van der Waals surface area contributed by atoms with Crippen molar-refractivity contribution in [3.05, 3.63) is 99.6 Å². The van der Waals surface area contributed by atoms with E-state index in [9.17, 15) is 23.3 Å². The van der Waals surface area contributed by atoms with Gasteiger partial charge in [0.2, 0.25) is 0 Å². The predicted octanol–water partition coefficient (Wildman–Crippen LogP) is 4.69. The molecule has 0 atom stereocenters. The smallest absolute Gasteiger partial charge is 0.271 e. The third kappa shape index (κ3) is 5.13. The van der Waals surface area contributed by atoms with E-state index in [2.05, 4.69) is 0 Å². The molecule has 8 nitrogen and oxygen atoms in total. The molecule has 0 N–H and O–H groups in total. The van der Waals surface area contributed by atoms with E-state index in [1.54, 1.807) is 6.07 Å². The van der Waals surface area contributed by atoms with Gasteiger partial charge in [0, 0.05) is 23.2 Å². The van der Waals surface area contributed by atoms with Gasteiger partial charge < -0.3 is 4.74 Å². The summed E-state index contributed by atoms with van der Waals surface area (Å²) in [7, 11) is -2.83. The second kappa shape index (κ2) is 9.63. The van der Waals surface area contributed by atoms with Crippen LogP contribution in [0, 0.1) is 10.1 Å². The topological polar surface area (TPSA) is 107 Å². The van der Waals surface area contributed by atoms with Crippen LogP contribution in [0.15, 0.2) is 83.8 Å². The second-order valence-corrected chi connectivity index (χ2v) is 8.67. The molecule has 0 fully saturated rings. The lowest BCUT2D eigenvalue weighted by molar-refractivity contribution is -0.384. The van der Waals surface area contributed by atoms with Crippen LogP contribution in [-0.2, 0) is 14.8 Å². The number of anilines is 1. The van der Waals surface area contributed by atoms with E-state index in [1.807, 2.05) is 0 Å². The van der Waals surface area contributed by atoms with Crippen LogP contribution in [-0.4, -0.2) is 26.4 Å². The van der Waals surface area contributed by atoms with E-state index in [1.165, 1.54) is 79.9 Å². The third-order valence-corrected chi connectivity index (χ3v) is 6.35. The average Bonchev–Trinajstić information content (AvgIpc) is 2.78. The number of hydrogen-bond donors (Lipinski definition) is 0. The maximum absolute atomic E-state index is 13.3. The zero-order valence-electron chi connectivity index (χ0n) is 16.7. The predicted molar refractivity (Wildman–Crippen MR) is 121 cm³/mol. The maximum atomic E-state index is 13.3. The molecule has 32 heavy (non-hydrogen) atoms. The Hall–Kier alpha value is -3.69. The quantitative estimate of drug-likeness (QED) is 0.280. The Bertz CT molecular complexity index is 1270. The van der Waals surface area contributed by atoms with Gasteiger partial charge in [0.15, 0.2) is 0 Å². The molecule has 0 bridgehead atoms. The number of amides is 1. The number of sulfonamides is 1. The molecule has 0 saturated heterocycles. The molecule has 164 valence electrons. The molecule has 0 aliphatic heterocycles. The fraction of sp³-hybridized carbons (Fsp3) is 0.0455. The van der Waals surface area contributed by atoms with Crippen molar-refractivity contribution < 1.29 is 22.9 Å². The minimum Gasteiger partial charge on any atom is -0.497 e. The van der Waals surface area contributed by atoms with Crippen molar-refractivity contribution in [2.75, 3.05) is 11.4 Å². The van der Waals surface area contributed by atoms with Gasteiger partial charge in [0.1, 0.15) is 5.75 Å². The van der Waals surface area contributed by atoms with Crippen molar-refractivity contribution in [3.8, 4) is 5.75 Å². The highest BCUT2D eigenvalue weighted by molar-refractivity contribution is 7.93.